The van der Waals surface area contributed by atoms with Crippen LogP contribution < -0.4 is 5.32 Å². The number of carbonyl (C=O) groups is 1. The molecule has 0 saturated heterocycles. The van der Waals surface area contributed by atoms with E-state index in [4.69, 9.17) is 4.74 Å². The molecule has 1 aliphatic rings. The monoisotopic (exact) mass is 415 g/mol. The highest BCUT2D eigenvalue weighted by Gasteiger charge is 2.30. The maximum atomic E-state index is 12.7. The van der Waals surface area contributed by atoms with Gasteiger partial charge in [0, 0.05) is 18.3 Å². The first-order valence-electron chi connectivity index (χ1n) is 9.57. The van der Waals surface area contributed by atoms with Crippen LogP contribution in [0.2, 0.25) is 0 Å². The minimum Gasteiger partial charge on any atom is -0.370 e. The number of hydrogen-bond donors (Lipinski definition) is 1. The lowest BCUT2D eigenvalue weighted by atomic mass is 10.1. The number of halogens is 3. The van der Waals surface area contributed by atoms with Gasteiger partial charge in [-0.25, -0.2) is 0 Å². The Morgan fingerprint density at radius 2 is 1.87 bits per heavy atom. The third-order valence-electron chi connectivity index (χ3n) is 4.98. The molecule has 30 heavy (non-hydrogen) atoms. The average molecular weight is 415 g/mol. The van der Waals surface area contributed by atoms with E-state index in [9.17, 15) is 18.0 Å². The van der Waals surface area contributed by atoms with E-state index >= 15 is 0 Å². The third kappa shape index (κ3) is 4.54. The number of alkyl halides is 3. The van der Waals surface area contributed by atoms with Crippen molar-refractivity contribution in [3.8, 4) is 0 Å². The van der Waals surface area contributed by atoms with Crippen LogP contribution in [0.25, 0.3) is 0 Å². The quantitative estimate of drug-likeness (QED) is 0.686. The number of amides is 1. The number of fused-ring (bicyclic) bond motifs is 1. The highest BCUT2D eigenvalue weighted by molar-refractivity contribution is 5.94. The van der Waals surface area contributed by atoms with Crippen LogP contribution in [0.3, 0.4) is 0 Å². The molecular formula is C22H20F3N3O2. The Bertz CT molecular complexity index is 1010. The molecular weight excluding hydrogens is 395 g/mol. The van der Waals surface area contributed by atoms with Crippen LogP contribution in [0.4, 0.5) is 13.2 Å². The third-order valence-corrected chi connectivity index (χ3v) is 4.98. The molecule has 3 aromatic rings. The zero-order chi connectivity index (χ0) is 21.1. The Morgan fingerprint density at radius 1 is 1.13 bits per heavy atom. The number of ether oxygens (including phenoxy) is 1. The number of nitrogens with zero attached hydrogens (tertiary/aromatic N) is 2. The molecule has 0 saturated carbocycles. The van der Waals surface area contributed by atoms with E-state index in [1.54, 1.807) is 0 Å². The summed E-state index contributed by atoms with van der Waals surface area (Å²) >= 11 is 0. The number of nitrogens with one attached hydrogen (secondary N) is 1. The topological polar surface area (TPSA) is 56.1 Å². The van der Waals surface area contributed by atoms with Gasteiger partial charge in [-0.05, 0) is 41.8 Å². The van der Waals surface area contributed by atoms with Crippen molar-refractivity contribution in [1.82, 2.24) is 15.1 Å². The summed E-state index contributed by atoms with van der Waals surface area (Å²) in [7, 11) is 0. The van der Waals surface area contributed by atoms with Crippen molar-refractivity contribution in [1.29, 1.82) is 0 Å². The van der Waals surface area contributed by atoms with Crippen LogP contribution in [0, 0.1) is 0 Å². The number of benzene rings is 2. The highest BCUT2D eigenvalue weighted by atomic mass is 19.4. The van der Waals surface area contributed by atoms with Gasteiger partial charge in [0.05, 0.1) is 24.4 Å². The van der Waals surface area contributed by atoms with Gasteiger partial charge in [-0.3, -0.25) is 9.48 Å². The highest BCUT2D eigenvalue weighted by Crippen LogP contribution is 2.29. The predicted octanol–water partition coefficient (Wildman–Crippen LogP) is 3.99. The maximum absolute atomic E-state index is 12.7. The fourth-order valence-corrected chi connectivity index (χ4v) is 3.44. The Labute approximate surface area is 171 Å². The van der Waals surface area contributed by atoms with Gasteiger partial charge in [0.1, 0.15) is 6.10 Å². The molecule has 1 amide bonds. The van der Waals surface area contributed by atoms with Gasteiger partial charge in [0.15, 0.2) is 0 Å². The van der Waals surface area contributed by atoms with E-state index in [1.165, 1.54) is 12.1 Å². The molecule has 8 heteroatoms. The summed E-state index contributed by atoms with van der Waals surface area (Å²) in [4.78, 5) is 12.3. The fraction of sp³-hybridized carbons (Fsp3) is 0.273. The number of carbonyl (C=O) groups excluding carboxylic acids is 1. The molecule has 0 bridgehead atoms. The van der Waals surface area contributed by atoms with Gasteiger partial charge >= 0.3 is 6.18 Å². The Kier molecular flexibility index (Phi) is 5.59. The Morgan fingerprint density at radius 3 is 2.57 bits per heavy atom. The van der Waals surface area contributed by atoms with Crippen LogP contribution >= 0.6 is 0 Å². The molecule has 1 aromatic heterocycles. The number of aromatic nitrogens is 2. The van der Waals surface area contributed by atoms with Crippen LogP contribution in [0.1, 0.15) is 38.8 Å². The first kappa shape index (κ1) is 20.2. The van der Waals surface area contributed by atoms with Gasteiger partial charge in [-0.1, -0.05) is 30.3 Å². The summed E-state index contributed by atoms with van der Waals surface area (Å²) in [5.41, 5.74) is 2.36. The first-order chi connectivity index (χ1) is 14.4. The summed E-state index contributed by atoms with van der Waals surface area (Å²) in [6.45, 7) is 1.35. The summed E-state index contributed by atoms with van der Waals surface area (Å²) < 4.78 is 45.6. The molecule has 5 nitrogen and oxygen atoms in total. The molecule has 4 rings (SSSR count). The fourth-order valence-electron chi connectivity index (χ4n) is 3.44. The predicted molar refractivity (Wildman–Crippen MR) is 104 cm³/mol. The maximum Gasteiger partial charge on any atom is 0.416 e. The molecule has 0 fully saturated rings. The van der Waals surface area contributed by atoms with Gasteiger partial charge < -0.3 is 10.1 Å². The van der Waals surface area contributed by atoms with Gasteiger partial charge in [-0.2, -0.15) is 18.3 Å². The van der Waals surface area contributed by atoms with Crippen molar-refractivity contribution < 1.29 is 22.7 Å². The second-order valence-electron chi connectivity index (χ2n) is 7.12. The smallest absolute Gasteiger partial charge is 0.370 e. The average Bonchev–Trinajstić information content (AvgIpc) is 3.15. The molecule has 0 radical (unpaired) electrons. The molecule has 0 spiro atoms. The minimum absolute atomic E-state index is 0.161. The van der Waals surface area contributed by atoms with Crippen LogP contribution in [0.15, 0.2) is 60.8 Å². The number of rotatable bonds is 5. The van der Waals surface area contributed by atoms with Gasteiger partial charge in [-0.15, -0.1) is 0 Å². The lowest BCUT2D eigenvalue weighted by Gasteiger charge is -2.22. The van der Waals surface area contributed by atoms with Crippen molar-refractivity contribution in [3.63, 3.8) is 0 Å². The molecule has 2 heterocycles. The SMILES string of the molecule is O=C(NC[C@H]1OCCc2cn(Cc3ccccc3)nc21)c1ccc(C(F)(F)F)cc1. The van der Waals surface area contributed by atoms with Crippen LogP contribution in [-0.2, 0) is 23.9 Å². The first-order valence-corrected chi connectivity index (χ1v) is 9.57. The van der Waals surface area contributed by atoms with Gasteiger partial charge in [0.25, 0.3) is 5.91 Å². The summed E-state index contributed by atoms with van der Waals surface area (Å²) in [6.07, 6.45) is -2.09. The van der Waals surface area contributed by atoms with E-state index in [0.717, 1.165) is 35.4 Å². The second kappa shape index (κ2) is 8.31. The minimum atomic E-state index is -4.43. The van der Waals surface area contributed by atoms with Crippen LogP contribution in [-0.4, -0.2) is 28.8 Å². The molecule has 1 atom stereocenters. The largest absolute Gasteiger partial charge is 0.416 e. The normalized spacial score (nSPS) is 16.2. The standard InChI is InChI=1S/C22H20F3N3O2/c23-22(24,25)18-8-6-16(7-9-18)21(29)26-12-19-20-17(10-11-30-19)14-28(27-20)13-15-4-2-1-3-5-15/h1-9,14,19H,10-13H2,(H,26,29)/t19-/m1/s1. The Balaban J connectivity index is 1.41. The molecule has 2 aromatic carbocycles. The van der Waals surface area contributed by atoms with Gasteiger partial charge in [0.2, 0.25) is 0 Å². The lowest BCUT2D eigenvalue weighted by Crippen LogP contribution is -2.32. The Hall–Kier alpha value is -3.13. The summed E-state index contributed by atoms with van der Waals surface area (Å²) in [5, 5.41) is 7.36. The number of hydrogen-bond acceptors (Lipinski definition) is 3. The zero-order valence-corrected chi connectivity index (χ0v) is 16.0. The van der Waals surface area contributed by atoms with Crippen LogP contribution in [0.5, 0.6) is 0 Å². The molecule has 1 N–H and O–H groups in total. The van der Waals surface area contributed by atoms with E-state index in [0.29, 0.717) is 13.2 Å². The molecule has 156 valence electrons. The van der Waals surface area contributed by atoms with Crippen molar-refractivity contribution in [2.75, 3.05) is 13.2 Å². The summed E-state index contributed by atoms with van der Waals surface area (Å²) in [5.74, 6) is -0.455. The zero-order valence-electron chi connectivity index (χ0n) is 16.0. The lowest BCUT2D eigenvalue weighted by molar-refractivity contribution is -0.137. The van der Waals surface area contributed by atoms with E-state index < -0.39 is 23.8 Å². The van der Waals surface area contributed by atoms with Crippen molar-refractivity contribution in [2.24, 2.45) is 0 Å². The molecule has 1 aliphatic heterocycles. The van der Waals surface area contributed by atoms with Crippen molar-refractivity contribution >= 4 is 5.91 Å². The van der Waals surface area contributed by atoms with Crippen molar-refractivity contribution in [3.05, 3.63) is 88.7 Å². The summed E-state index contributed by atoms with van der Waals surface area (Å²) in [6, 6.07) is 14.1. The van der Waals surface area contributed by atoms with E-state index in [1.807, 2.05) is 41.2 Å². The molecule has 0 unspecified atom stereocenters. The second-order valence-corrected chi connectivity index (χ2v) is 7.12. The van der Waals surface area contributed by atoms with E-state index in [2.05, 4.69) is 10.4 Å². The molecule has 0 aliphatic carbocycles. The van der Waals surface area contributed by atoms with E-state index in [-0.39, 0.29) is 12.1 Å². The van der Waals surface area contributed by atoms with Crippen molar-refractivity contribution in [2.45, 2.75) is 25.2 Å².